The van der Waals surface area contributed by atoms with Crippen LogP contribution >= 0.6 is 24.8 Å². The number of rotatable bonds is 2. The van der Waals surface area contributed by atoms with Gasteiger partial charge in [-0.05, 0) is 50.1 Å². The van der Waals surface area contributed by atoms with Crippen LogP contribution in [0.25, 0.3) is 0 Å². The predicted molar refractivity (Wildman–Crippen MR) is 95.8 cm³/mol. The maximum absolute atomic E-state index is 11.4. The Morgan fingerprint density at radius 1 is 1.18 bits per heavy atom. The molecule has 22 heavy (non-hydrogen) atoms. The van der Waals surface area contributed by atoms with Gasteiger partial charge in [0.05, 0.1) is 0 Å². The molecular formula is C15H25Cl2N3O2. The van der Waals surface area contributed by atoms with Crippen molar-refractivity contribution in [2.24, 2.45) is 0 Å². The fourth-order valence-corrected chi connectivity index (χ4v) is 2.99. The van der Waals surface area contributed by atoms with Crippen molar-refractivity contribution in [3.05, 3.63) is 23.8 Å². The van der Waals surface area contributed by atoms with E-state index < -0.39 is 0 Å². The molecule has 5 nitrogen and oxygen atoms in total. The van der Waals surface area contributed by atoms with Gasteiger partial charge in [0.2, 0.25) is 5.91 Å². The number of hydrogen-bond acceptors (Lipinski definition) is 3. The first-order valence-corrected chi connectivity index (χ1v) is 7.11. The lowest BCUT2D eigenvalue weighted by Crippen LogP contribution is -2.41. The Labute approximate surface area is 144 Å². The standard InChI is InChI=1S/C15H21N3O.2ClH.H2O/c1-16-12-6-8-18(9-7-12)13-3-4-14-11(10-13)2-5-15(19)17-14;;;/h3-4,10,12,16H,2,5-9H2,1H3,(H,17,19);2*1H;1H2. The van der Waals surface area contributed by atoms with Gasteiger partial charge < -0.3 is 21.0 Å². The number of piperidine rings is 1. The Hall–Kier alpha value is -1.01. The SMILES string of the molecule is CNC1CCN(c2ccc3c(c2)CCC(=O)N3)CC1.Cl.Cl.O. The number of amides is 1. The normalized spacial score (nSPS) is 17.3. The minimum absolute atomic E-state index is 0. The van der Waals surface area contributed by atoms with E-state index in [1.54, 1.807) is 0 Å². The molecular weight excluding hydrogens is 325 g/mol. The van der Waals surface area contributed by atoms with Crippen LogP contribution in [0, 0.1) is 0 Å². The lowest BCUT2D eigenvalue weighted by atomic mass is 10.0. The van der Waals surface area contributed by atoms with E-state index in [0.717, 1.165) is 25.2 Å². The van der Waals surface area contributed by atoms with Gasteiger partial charge in [0, 0.05) is 36.9 Å². The summed E-state index contributed by atoms with van der Waals surface area (Å²) in [6, 6.07) is 7.08. The van der Waals surface area contributed by atoms with Crippen LogP contribution in [-0.2, 0) is 11.2 Å². The van der Waals surface area contributed by atoms with Crippen molar-refractivity contribution in [1.29, 1.82) is 0 Å². The second-order valence-electron chi connectivity index (χ2n) is 5.44. The van der Waals surface area contributed by atoms with Crippen molar-refractivity contribution in [3.8, 4) is 0 Å². The Bertz CT molecular complexity index is 492. The summed E-state index contributed by atoms with van der Waals surface area (Å²) in [5, 5.41) is 6.30. The maximum atomic E-state index is 11.4. The molecule has 0 unspecified atom stereocenters. The molecule has 126 valence electrons. The summed E-state index contributed by atoms with van der Waals surface area (Å²) in [6.45, 7) is 2.22. The van der Waals surface area contributed by atoms with E-state index >= 15 is 0 Å². The summed E-state index contributed by atoms with van der Waals surface area (Å²) < 4.78 is 0. The first kappa shape index (κ1) is 21.0. The lowest BCUT2D eigenvalue weighted by Gasteiger charge is -2.34. The van der Waals surface area contributed by atoms with Crippen LogP contribution in [0.15, 0.2) is 18.2 Å². The van der Waals surface area contributed by atoms with Crippen LogP contribution in [0.2, 0.25) is 0 Å². The number of halogens is 2. The highest BCUT2D eigenvalue weighted by Gasteiger charge is 2.20. The molecule has 2 aliphatic rings. The smallest absolute Gasteiger partial charge is 0.224 e. The van der Waals surface area contributed by atoms with E-state index in [1.807, 2.05) is 13.1 Å². The number of carbonyl (C=O) groups is 1. The van der Waals surface area contributed by atoms with Crippen molar-refractivity contribution in [2.75, 3.05) is 30.4 Å². The number of anilines is 2. The Kier molecular flexibility index (Phi) is 8.78. The number of hydrogen-bond donors (Lipinski definition) is 2. The van der Waals surface area contributed by atoms with Gasteiger partial charge in [0.25, 0.3) is 0 Å². The van der Waals surface area contributed by atoms with E-state index in [4.69, 9.17) is 0 Å². The van der Waals surface area contributed by atoms with Crippen molar-refractivity contribution in [1.82, 2.24) is 5.32 Å². The highest BCUT2D eigenvalue weighted by molar-refractivity contribution is 5.94. The third-order valence-electron chi connectivity index (χ3n) is 4.25. The molecule has 0 spiro atoms. The zero-order chi connectivity index (χ0) is 13.2. The molecule has 0 saturated carbocycles. The molecule has 3 rings (SSSR count). The van der Waals surface area contributed by atoms with Crippen molar-refractivity contribution in [2.45, 2.75) is 31.7 Å². The quantitative estimate of drug-likeness (QED) is 0.854. The molecule has 1 aromatic rings. The van der Waals surface area contributed by atoms with Crippen LogP contribution in [0.4, 0.5) is 11.4 Å². The van der Waals surface area contributed by atoms with Crippen LogP contribution in [0.5, 0.6) is 0 Å². The van der Waals surface area contributed by atoms with Crippen molar-refractivity contribution in [3.63, 3.8) is 0 Å². The minimum Gasteiger partial charge on any atom is -0.412 e. The molecule has 2 aliphatic heterocycles. The van der Waals surface area contributed by atoms with Gasteiger partial charge in [-0.1, -0.05) is 0 Å². The van der Waals surface area contributed by atoms with Crippen LogP contribution in [0.3, 0.4) is 0 Å². The molecule has 1 aromatic carbocycles. The summed E-state index contributed by atoms with van der Waals surface area (Å²) in [5.74, 6) is 0.134. The van der Waals surface area contributed by atoms with Gasteiger partial charge in [-0.3, -0.25) is 4.79 Å². The van der Waals surface area contributed by atoms with Crippen molar-refractivity contribution >= 4 is 42.1 Å². The molecule has 2 heterocycles. The summed E-state index contributed by atoms with van der Waals surface area (Å²) in [6.07, 6.45) is 3.87. The monoisotopic (exact) mass is 349 g/mol. The molecule has 1 amide bonds. The number of carbonyl (C=O) groups excluding carboxylic acids is 1. The topological polar surface area (TPSA) is 75.9 Å². The molecule has 0 aromatic heterocycles. The molecule has 7 heteroatoms. The fourth-order valence-electron chi connectivity index (χ4n) is 2.99. The average molecular weight is 350 g/mol. The summed E-state index contributed by atoms with van der Waals surface area (Å²) >= 11 is 0. The first-order valence-electron chi connectivity index (χ1n) is 7.11. The molecule has 4 N–H and O–H groups in total. The number of fused-ring (bicyclic) bond motifs is 1. The largest absolute Gasteiger partial charge is 0.412 e. The molecule has 1 saturated heterocycles. The van der Waals surface area contributed by atoms with Crippen molar-refractivity contribution < 1.29 is 10.3 Å². The Morgan fingerprint density at radius 3 is 2.50 bits per heavy atom. The zero-order valence-electron chi connectivity index (χ0n) is 12.7. The fraction of sp³-hybridized carbons (Fsp3) is 0.533. The number of nitrogens with one attached hydrogen (secondary N) is 2. The Morgan fingerprint density at radius 2 is 1.86 bits per heavy atom. The minimum atomic E-state index is 0. The second kappa shape index (κ2) is 9.20. The highest BCUT2D eigenvalue weighted by atomic mass is 35.5. The van der Waals surface area contributed by atoms with Gasteiger partial charge in [-0.2, -0.15) is 0 Å². The Balaban J connectivity index is 0.00000147. The van der Waals surface area contributed by atoms with E-state index in [-0.39, 0.29) is 36.2 Å². The zero-order valence-corrected chi connectivity index (χ0v) is 14.4. The second-order valence-corrected chi connectivity index (χ2v) is 5.44. The van der Waals surface area contributed by atoms with Gasteiger partial charge in [0.15, 0.2) is 0 Å². The molecule has 0 bridgehead atoms. The van der Waals surface area contributed by atoms with E-state index in [1.165, 1.54) is 24.1 Å². The number of nitrogens with zero attached hydrogens (tertiary/aromatic N) is 1. The van der Waals surface area contributed by atoms with Gasteiger partial charge >= 0.3 is 0 Å². The summed E-state index contributed by atoms with van der Waals surface area (Å²) in [5.41, 5.74) is 3.56. The molecule has 1 fully saturated rings. The number of aryl methyl sites for hydroxylation is 1. The van der Waals surface area contributed by atoms with Gasteiger partial charge in [-0.15, -0.1) is 24.8 Å². The first-order chi connectivity index (χ1) is 9.26. The van der Waals surface area contributed by atoms with Crippen LogP contribution in [0.1, 0.15) is 24.8 Å². The highest BCUT2D eigenvalue weighted by Crippen LogP contribution is 2.28. The average Bonchev–Trinajstić information content (AvgIpc) is 2.47. The molecule has 0 radical (unpaired) electrons. The van der Waals surface area contributed by atoms with E-state index in [2.05, 4.69) is 27.7 Å². The van der Waals surface area contributed by atoms with Gasteiger partial charge in [0.1, 0.15) is 0 Å². The van der Waals surface area contributed by atoms with Crippen LogP contribution < -0.4 is 15.5 Å². The molecule has 0 aliphatic carbocycles. The van der Waals surface area contributed by atoms with Crippen LogP contribution in [-0.4, -0.2) is 37.6 Å². The third-order valence-corrected chi connectivity index (χ3v) is 4.25. The maximum Gasteiger partial charge on any atom is 0.224 e. The predicted octanol–water partition coefficient (Wildman–Crippen LogP) is 1.78. The number of benzene rings is 1. The summed E-state index contributed by atoms with van der Waals surface area (Å²) in [7, 11) is 2.04. The third kappa shape index (κ3) is 4.49. The van der Waals surface area contributed by atoms with E-state index in [9.17, 15) is 4.79 Å². The van der Waals surface area contributed by atoms with Gasteiger partial charge in [-0.25, -0.2) is 0 Å². The lowest BCUT2D eigenvalue weighted by molar-refractivity contribution is -0.116. The molecule has 0 atom stereocenters. The van der Waals surface area contributed by atoms with E-state index in [0.29, 0.717) is 12.5 Å². The summed E-state index contributed by atoms with van der Waals surface area (Å²) in [4.78, 5) is 13.8.